The molecular formula is C13H15N3O3S2. The van der Waals surface area contributed by atoms with E-state index in [0.717, 1.165) is 4.34 Å². The third-order valence-electron chi connectivity index (χ3n) is 3.06. The van der Waals surface area contributed by atoms with Crippen molar-refractivity contribution in [3.8, 4) is 0 Å². The molecule has 6 nitrogen and oxygen atoms in total. The van der Waals surface area contributed by atoms with Crippen LogP contribution in [-0.4, -0.2) is 39.3 Å². The van der Waals surface area contributed by atoms with Crippen molar-refractivity contribution < 1.29 is 14.3 Å². The average molecular weight is 325 g/mol. The van der Waals surface area contributed by atoms with Crippen LogP contribution in [0.5, 0.6) is 0 Å². The van der Waals surface area contributed by atoms with Gasteiger partial charge in [0.2, 0.25) is 0 Å². The number of ether oxygens (including phenoxy) is 1. The molecule has 1 atom stereocenters. The molecule has 0 amide bonds. The van der Waals surface area contributed by atoms with Gasteiger partial charge in [0.05, 0.1) is 23.6 Å². The van der Waals surface area contributed by atoms with E-state index in [1.807, 2.05) is 6.92 Å². The Hall–Kier alpha value is -1.67. The van der Waals surface area contributed by atoms with Gasteiger partial charge in [0.15, 0.2) is 10.1 Å². The number of aromatic amines is 1. The molecule has 0 radical (unpaired) electrons. The number of rotatable bonds is 5. The summed E-state index contributed by atoms with van der Waals surface area (Å²) in [4.78, 5) is 27.3. The van der Waals surface area contributed by atoms with Gasteiger partial charge >= 0.3 is 5.97 Å². The monoisotopic (exact) mass is 325 g/mol. The fraction of sp³-hybridized carbons (Fsp3) is 0.385. The number of aromatic nitrogens is 3. The van der Waals surface area contributed by atoms with Gasteiger partial charge in [-0.05, 0) is 26.3 Å². The second kappa shape index (κ2) is 6.40. The summed E-state index contributed by atoms with van der Waals surface area (Å²) >= 11 is 2.74. The highest BCUT2D eigenvalue weighted by Crippen LogP contribution is 2.28. The van der Waals surface area contributed by atoms with E-state index >= 15 is 0 Å². The van der Waals surface area contributed by atoms with Crippen molar-refractivity contribution in [2.45, 2.75) is 30.4 Å². The summed E-state index contributed by atoms with van der Waals surface area (Å²) in [5, 5.41) is 7.34. The largest absolute Gasteiger partial charge is 0.465 e. The number of hydrogen-bond acceptors (Lipinski definition) is 7. The number of H-pyrrole nitrogens is 1. The maximum Gasteiger partial charge on any atom is 0.339 e. The third-order valence-corrected chi connectivity index (χ3v) is 4.97. The van der Waals surface area contributed by atoms with E-state index in [1.165, 1.54) is 30.2 Å². The standard InChI is InChI=1S/C13H15N3O3S2/c1-6-9(12(18)19-4)7(2)15-10(6)11(17)8(3)21-13-16-14-5-20-13/h5,8,15H,1-4H3. The number of nitrogens with one attached hydrogen (secondary N) is 1. The molecule has 0 aromatic carbocycles. The number of ketones is 1. The van der Waals surface area contributed by atoms with Gasteiger partial charge in [-0.1, -0.05) is 23.1 Å². The van der Waals surface area contributed by atoms with Crippen LogP contribution in [0.25, 0.3) is 0 Å². The van der Waals surface area contributed by atoms with Crippen molar-refractivity contribution >= 4 is 34.9 Å². The molecule has 112 valence electrons. The molecule has 0 aliphatic carbocycles. The van der Waals surface area contributed by atoms with Gasteiger partial charge in [-0.25, -0.2) is 4.79 Å². The quantitative estimate of drug-likeness (QED) is 0.517. The van der Waals surface area contributed by atoms with Crippen LogP contribution >= 0.6 is 23.1 Å². The molecule has 0 bridgehead atoms. The fourth-order valence-corrected chi connectivity index (χ4v) is 3.71. The lowest BCUT2D eigenvalue weighted by Crippen LogP contribution is -2.15. The van der Waals surface area contributed by atoms with Gasteiger partial charge in [-0.2, -0.15) is 0 Å². The maximum absolute atomic E-state index is 12.5. The van der Waals surface area contributed by atoms with E-state index in [-0.39, 0.29) is 11.0 Å². The highest BCUT2D eigenvalue weighted by Gasteiger charge is 2.26. The predicted molar refractivity (Wildman–Crippen MR) is 81.2 cm³/mol. The van der Waals surface area contributed by atoms with Gasteiger partial charge in [0, 0.05) is 5.69 Å². The molecule has 1 N–H and O–H groups in total. The molecule has 2 aromatic rings. The first-order chi connectivity index (χ1) is 9.95. The number of carbonyl (C=O) groups is 2. The lowest BCUT2D eigenvalue weighted by Gasteiger charge is -2.07. The first-order valence-electron chi connectivity index (χ1n) is 6.20. The van der Waals surface area contributed by atoms with Gasteiger partial charge in [0.25, 0.3) is 0 Å². The van der Waals surface area contributed by atoms with E-state index in [1.54, 1.807) is 19.4 Å². The van der Waals surface area contributed by atoms with Crippen molar-refractivity contribution in [3.63, 3.8) is 0 Å². The number of esters is 1. The van der Waals surface area contributed by atoms with Gasteiger partial charge in [-0.3, -0.25) is 4.79 Å². The predicted octanol–water partition coefficient (Wildman–Crippen LogP) is 2.63. The number of methoxy groups -OCH3 is 1. The molecule has 0 spiro atoms. The fourth-order valence-electron chi connectivity index (χ4n) is 2.03. The number of hydrogen-bond donors (Lipinski definition) is 1. The molecule has 0 saturated heterocycles. The van der Waals surface area contributed by atoms with Crippen LogP contribution in [0.4, 0.5) is 0 Å². The normalized spacial score (nSPS) is 12.2. The van der Waals surface area contributed by atoms with Gasteiger partial charge in [0.1, 0.15) is 5.51 Å². The van der Waals surface area contributed by atoms with E-state index in [2.05, 4.69) is 15.2 Å². The molecular weight excluding hydrogens is 310 g/mol. The van der Waals surface area contributed by atoms with E-state index in [9.17, 15) is 9.59 Å². The van der Waals surface area contributed by atoms with E-state index in [4.69, 9.17) is 4.74 Å². The molecule has 2 aromatic heterocycles. The molecule has 0 fully saturated rings. The molecule has 21 heavy (non-hydrogen) atoms. The van der Waals surface area contributed by atoms with Crippen LogP contribution in [0.2, 0.25) is 0 Å². The van der Waals surface area contributed by atoms with Crippen LogP contribution in [0.15, 0.2) is 9.85 Å². The zero-order valence-corrected chi connectivity index (χ0v) is 13.7. The highest BCUT2D eigenvalue weighted by atomic mass is 32.2. The lowest BCUT2D eigenvalue weighted by atomic mass is 10.1. The Balaban J connectivity index is 2.25. The van der Waals surface area contributed by atoms with Crippen molar-refractivity contribution in [3.05, 3.63) is 28.0 Å². The number of Topliss-reactive ketones (excluding diaryl/α,β-unsaturated/α-hetero) is 1. The Morgan fingerprint density at radius 2 is 2.14 bits per heavy atom. The minimum Gasteiger partial charge on any atom is -0.465 e. The Bertz CT molecular complexity index is 665. The zero-order chi connectivity index (χ0) is 15.6. The Labute approximate surface area is 130 Å². The summed E-state index contributed by atoms with van der Waals surface area (Å²) in [6.45, 7) is 5.30. The van der Waals surface area contributed by atoms with Crippen LogP contribution in [0.3, 0.4) is 0 Å². The van der Waals surface area contributed by atoms with E-state index < -0.39 is 5.97 Å². The summed E-state index contributed by atoms with van der Waals surface area (Å²) < 4.78 is 5.49. The zero-order valence-electron chi connectivity index (χ0n) is 12.1. The van der Waals surface area contributed by atoms with Crippen LogP contribution in [0.1, 0.15) is 39.0 Å². The molecule has 1 unspecified atom stereocenters. The van der Waals surface area contributed by atoms with Crippen molar-refractivity contribution in [2.75, 3.05) is 7.11 Å². The second-order valence-corrected chi connectivity index (χ2v) is 6.87. The maximum atomic E-state index is 12.5. The second-order valence-electron chi connectivity index (χ2n) is 4.45. The average Bonchev–Trinajstić information content (AvgIpc) is 3.05. The van der Waals surface area contributed by atoms with Crippen LogP contribution in [0, 0.1) is 13.8 Å². The summed E-state index contributed by atoms with van der Waals surface area (Å²) in [6.07, 6.45) is 0. The van der Waals surface area contributed by atoms with Crippen LogP contribution in [-0.2, 0) is 4.74 Å². The molecule has 8 heteroatoms. The molecule has 0 saturated carbocycles. The SMILES string of the molecule is COC(=O)c1c(C)[nH]c(C(=O)C(C)Sc2nncs2)c1C. The summed E-state index contributed by atoms with van der Waals surface area (Å²) in [7, 11) is 1.32. The Morgan fingerprint density at radius 1 is 1.43 bits per heavy atom. The Kier molecular flexibility index (Phi) is 4.79. The summed E-state index contributed by atoms with van der Waals surface area (Å²) in [5.41, 5.74) is 3.75. The summed E-state index contributed by atoms with van der Waals surface area (Å²) in [5.74, 6) is -0.518. The lowest BCUT2D eigenvalue weighted by molar-refractivity contribution is 0.0599. The number of thioether (sulfide) groups is 1. The van der Waals surface area contributed by atoms with Gasteiger partial charge < -0.3 is 9.72 Å². The third kappa shape index (κ3) is 3.16. The number of aryl methyl sites for hydroxylation is 1. The Morgan fingerprint density at radius 3 is 2.71 bits per heavy atom. The number of nitrogens with zero attached hydrogens (tertiary/aromatic N) is 2. The van der Waals surface area contributed by atoms with Crippen molar-refractivity contribution in [1.29, 1.82) is 0 Å². The highest BCUT2D eigenvalue weighted by molar-refractivity contribution is 8.02. The molecule has 0 aliphatic rings. The first kappa shape index (κ1) is 15.7. The molecule has 0 aliphatic heterocycles. The first-order valence-corrected chi connectivity index (χ1v) is 7.96. The van der Waals surface area contributed by atoms with Crippen LogP contribution < -0.4 is 0 Å². The minimum absolute atomic E-state index is 0.0778. The summed E-state index contributed by atoms with van der Waals surface area (Å²) in [6, 6.07) is 0. The van der Waals surface area contributed by atoms with Crippen molar-refractivity contribution in [2.24, 2.45) is 0 Å². The topological polar surface area (TPSA) is 84.9 Å². The number of carbonyl (C=O) groups excluding carboxylic acids is 2. The smallest absolute Gasteiger partial charge is 0.339 e. The van der Waals surface area contributed by atoms with Crippen molar-refractivity contribution in [1.82, 2.24) is 15.2 Å². The molecule has 2 heterocycles. The van der Waals surface area contributed by atoms with E-state index in [0.29, 0.717) is 22.5 Å². The van der Waals surface area contributed by atoms with Gasteiger partial charge in [-0.15, -0.1) is 10.2 Å². The minimum atomic E-state index is -0.440. The molecule has 2 rings (SSSR count).